The lowest BCUT2D eigenvalue weighted by Gasteiger charge is -2.13. The normalized spacial score (nSPS) is 48.3. The summed E-state index contributed by atoms with van der Waals surface area (Å²) in [7, 11) is 0. The molecular formula is C10H14. The van der Waals surface area contributed by atoms with Crippen molar-refractivity contribution in [2.75, 3.05) is 0 Å². The molecule has 1 saturated carbocycles. The molecule has 0 heteroatoms. The van der Waals surface area contributed by atoms with Gasteiger partial charge >= 0.3 is 0 Å². The summed E-state index contributed by atoms with van der Waals surface area (Å²) in [5, 5.41) is 0. The first-order chi connectivity index (χ1) is 4.90. The molecule has 0 spiro atoms. The maximum Gasteiger partial charge on any atom is -0.00998 e. The van der Waals surface area contributed by atoms with Crippen molar-refractivity contribution in [3.63, 3.8) is 0 Å². The molecule has 3 rings (SSSR count). The van der Waals surface area contributed by atoms with E-state index < -0.39 is 0 Å². The van der Waals surface area contributed by atoms with E-state index in [-0.39, 0.29) is 0 Å². The fraction of sp³-hybridized carbons (Fsp3) is 0.800. The molecule has 0 N–H and O–H groups in total. The van der Waals surface area contributed by atoms with E-state index in [9.17, 15) is 0 Å². The third-order valence-electron chi connectivity index (χ3n) is 3.66. The van der Waals surface area contributed by atoms with Crippen LogP contribution in [0, 0.1) is 17.8 Å². The average molecular weight is 134 g/mol. The molecule has 0 aliphatic heterocycles. The Balaban J connectivity index is 1.88. The molecule has 3 aliphatic carbocycles. The van der Waals surface area contributed by atoms with Gasteiger partial charge in [0.25, 0.3) is 0 Å². The van der Waals surface area contributed by atoms with Crippen molar-refractivity contribution in [1.29, 1.82) is 0 Å². The largest absolute Gasteiger partial charge is 0.0660 e. The fourth-order valence-electron chi connectivity index (χ4n) is 2.83. The van der Waals surface area contributed by atoms with Gasteiger partial charge in [-0.05, 0) is 37.0 Å². The van der Waals surface area contributed by atoms with Crippen LogP contribution < -0.4 is 0 Å². The Morgan fingerprint density at radius 1 is 1.50 bits per heavy atom. The zero-order valence-electron chi connectivity index (χ0n) is 6.56. The minimum Gasteiger partial charge on any atom is -0.0660 e. The van der Waals surface area contributed by atoms with E-state index in [1.807, 2.05) is 11.1 Å². The molecule has 0 aromatic heterocycles. The van der Waals surface area contributed by atoms with Crippen LogP contribution in [0.25, 0.3) is 0 Å². The van der Waals surface area contributed by atoms with Crippen LogP contribution in [0.15, 0.2) is 11.1 Å². The number of allylic oxidation sites excluding steroid dienone is 2. The smallest absolute Gasteiger partial charge is 0.00998 e. The highest BCUT2D eigenvalue weighted by atomic mass is 14.6. The van der Waals surface area contributed by atoms with Gasteiger partial charge in [0.15, 0.2) is 0 Å². The number of hydrogen-bond donors (Lipinski definition) is 0. The first kappa shape index (κ1) is 5.40. The predicted molar refractivity (Wildman–Crippen MR) is 41.6 cm³/mol. The van der Waals surface area contributed by atoms with Crippen molar-refractivity contribution in [2.24, 2.45) is 17.8 Å². The van der Waals surface area contributed by atoms with Crippen molar-refractivity contribution >= 4 is 0 Å². The predicted octanol–water partition coefficient (Wildman–Crippen LogP) is 2.75. The number of hydrogen-bond acceptors (Lipinski definition) is 0. The first-order valence-electron chi connectivity index (χ1n) is 4.61. The molecule has 2 unspecified atom stereocenters. The van der Waals surface area contributed by atoms with Gasteiger partial charge in [-0.2, -0.15) is 0 Å². The quantitative estimate of drug-likeness (QED) is 0.484. The lowest BCUT2D eigenvalue weighted by Crippen LogP contribution is -2.04. The summed E-state index contributed by atoms with van der Waals surface area (Å²) in [6.45, 7) is 2.36. The first-order valence-corrected chi connectivity index (χ1v) is 4.61. The van der Waals surface area contributed by atoms with Crippen LogP contribution in [0.3, 0.4) is 0 Å². The highest BCUT2D eigenvalue weighted by molar-refractivity contribution is 5.43. The van der Waals surface area contributed by atoms with Gasteiger partial charge < -0.3 is 0 Å². The van der Waals surface area contributed by atoms with Crippen LogP contribution in [-0.2, 0) is 0 Å². The number of rotatable bonds is 1. The van der Waals surface area contributed by atoms with Gasteiger partial charge in [-0.3, -0.25) is 0 Å². The van der Waals surface area contributed by atoms with E-state index >= 15 is 0 Å². The Kier molecular flexibility index (Phi) is 0.805. The molecule has 54 valence electrons. The van der Waals surface area contributed by atoms with E-state index in [1.54, 1.807) is 6.42 Å². The Labute approximate surface area is 62.3 Å². The second kappa shape index (κ2) is 1.49. The Bertz CT molecular complexity index is 212. The van der Waals surface area contributed by atoms with Crippen molar-refractivity contribution in [3.8, 4) is 0 Å². The molecule has 1 fully saturated rings. The maximum absolute atomic E-state index is 2.36. The Morgan fingerprint density at radius 3 is 3.20 bits per heavy atom. The van der Waals surface area contributed by atoms with Crippen LogP contribution >= 0.6 is 0 Å². The molecule has 0 heterocycles. The molecule has 0 amide bonds. The van der Waals surface area contributed by atoms with Gasteiger partial charge in [0, 0.05) is 0 Å². The van der Waals surface area contributed by atoms with Crippen LogP contribution in [-0.4, -0.2) is 0 Å². The van der Waals surface area contributed by atoms with Crippen molar-refractivity contribution in [2.45, 2.75) is 32.6 Å². The third kappa shape index (κ3) is 0.531. The summed E-state index contributed by atoms with van der Waals surface area (Å²) in [5.41, 5.74) is 3.74. The molecule has 10 heavy (non-hydrogen) atoms. The van der Waals surface area contributed by atoms with E-state index in [4.69, 9.17) is 0 Å². The maximum atomic E-state index is 2.36. The van der Waals surface area contributed by atoms with E-state index in [2.05, 4.69) is 6.92 Å². The lowest BCUT2D eigenvalue weighted by molar-refractivity contribution is 0.427. The summed E-state index contributed by atoms with van der Waals surface area (Å²) < 4.78 is 0. The highest BCUT2D eigenvalue weighted by Crippen LogP contribution is 2.64. The summed E-state index contributed by atoms with van der Waals surface area (Å²) in [5.74, 6) is 3.34. The molecule has 0 saturated heterocycles. The molecule has 0 aromatic rings. The van der Waals surface area contributed by atoms with E-state index in [0.717, 1.165) is 17.8 Å². The third-order valence-corrected chi connectivity index (χ3v) is 3.66. The Morgan fingerprint density at radius 2 is 2.40 bits per heavy atom. The van der Waals surface area contributed by atoms with E-state index in [0.29, 0.717) is 0 Å². The second-order valence-electron chi connectivity index (χ2n) is 4.18. The SMILES string of the molecule is CCC1CC2=C(C2)[C@@H]2CC12. The zero-order chi connectivity index (χ0) is 6.72. The van der Waals surface area contributed by atoms with Gasteiger partial charge in [-0.25, -0.2) is 0 Å². The van der Waals surface area contributed by atoms with Crippen LogP contribution in [0.2, 0.25) is 0 Å². The summed E-state index contributed by atoms with van der Waals surface area (Å²) in [6, 6.07) is 0. The lowest BCUT2D eigenvalue weighted by atomic mass is 9.92. The Hall–Kier alpha value is -0.260. The molecule has 0 aromatic carbocycles. The van der Waals surface area contributed by atoms with Gasteiger partial charge in [-0.1, -0.05) is 24.5 Å². The van der Waals surface area contributed by atoms with Crippen molar-refractivity contribution < 1.29 is 0 Å². The van der Waals surface area contributed by atoms with Crippen molar-refractivity contribution in [3.05, 3.63) is 11.1 Å². The minimum absolute atomic E-state index is 1.09. The van der Waals surface area contributed by atoms with Crippen molar-refractivity contribution in [1.82, 2.24) is 0 Å². The minimum atomic E-state index is 1.09. The molecule has 0 nitrogen and oxygen atoms in total. The fourth-order valence-corrected chi connectivity index (χ4v) is 2.83. The molecule has 0 bridgehead atoms. The summed E-state index contributed by atoms with van der Waals surface area (Å²) in [4.78, 5) is 0. The number of fused-ring (bicyclic) bond motifs is 2. The molecule has 0 radical (unpaired) electrons. The van der Waals surface area contributed by atoms with E-state index in [1.165, 1.54) is 19.3 Å². The standard InChI is InChI=1S/C10H14/c1-2-6-3-7-4-8(7)10-5-9(6)10/h6,9-10H,2-5H2,1H3/t6?,9?,10-/m0/s1. The average Bonchev–Trinajstić information content (AvgIpc) is 2.78. The zero-order valence-corrected chi connectivity index (χ0v) is 6.56. The van der Waals surface area contributed by atoms with Gasteiger partial charge in [0.1, 0.15) is 0 Å². The van der Waals surface area contributed by atoms with Crippen LogP contribution in [0.4, 0.5) is 0 Å². The molecular weight excluding hydrogens is 120 g/mol. The summed E-state index contributed by atoms with van der Waals surface area (Å²) in [6.07, 6.45) is 5.90. The molecule has 3 atom stereocenters. The van der Waals surface area contributed by atoms with Crippen LogP contribution in [0.5, 0.6) is 0 Å². The van der Waals surface area contributed by atoms with Gasteiger partial charge in [-0.15, -0.1) is 0 Å². The highest BCUT2D eigenvalue weighted by Gasteiger charge is 2.52. The molecule has 3 aliphatic rings. The topological polar surface area (TPSA) is 0 Å². The van der Waals surface area contributed by atoms with Gasteiger partial charge in [0.2, 0.25) is 0 Å². The monoisotopic (exact) mass is 134 g/mol. The van der Waals surface area contributed by atoms with Crippen LogP contribution in [0.1, 0.15) is 32.6 Å². The summed E-state index contributed by atoms with van der Waals surface area (Å²) >= 11 is 0. The second-order valence-corrected chi connectivity index (χ2v) is 4.18. The van der Waals surface area contributed by atoms with Gasteiger partial charge in [0.05, 0.1) is 0 Å².